The molecular weight excluding hydrogens is 164 g/mol. The smallest absolute Gasteiger partial charge is 0.0718 e. The van der Waals surface area contributed by atoms with E-state index in [-0.39, 0.29) is 5.92 Å². The standard InChI is InChI=1S/C11H14O2/c1-7(2)10-6-8(3)4-5-9(10)11(12)13/h4-7H,1-3H3,(H,12,13)/p-1. The summed E-state index contributed by atoms with van der Waals surface area (Å²) in [6.45, 7) is 5.90. The molecule has 0 heterocycles. The fourth-order valence-corrected chi connectivity index (χ4v) is 1.35. The predicted molar refractivity (Wildman–Crippen MR) is 49.6 cm³/mol. The highest BCUT2D eigenvalue weighted by Crippen LogP contribution is 2.20. The van der Waals surface area contributed by atoms with Gasteiger partial charge in [-0.25, -0.2) is 0 Å². The summed E-state index contributed by atoms with van der Waals surface area (Å²) in [5.41, 5.74) is 2.23. The second-order valence-corrected chi connectivity index (χ2v) is 3.53. The molecule has 0 aromatic heterocycles. The van der Waals surface area contributed by atoms with Crippen molar-refractivity contribution in [2.24, 2.45) is 0 Å². The Morgan fingerprint density at radius 3 is 2.46 bits per heavy atom. The number of carboxylic acid groups (broad SMARTS) is 1. The lowest BCUT2D eigenvalue weighted by Crippen LogP contribution is -2.24. The molecule has 0 amide bonds. The second kappa shape index (κ2) is 3.60. The van der Waals surface area contributed by atoms with E-state index < -0.39 is 5.97 Å². The molecule has 0 aliphatic heterocycles. The molecule has 0 saturated carbocycles. The van der Waals surface area contributed by atoms with Crippen LogP contribution < -0.4 is 5.11 Å². The first-order chi connectivity index (χ1) is 6.02. The predicted octanol–water partition coefficient (Wildman–Crippen LogP) is 1.48. The molecule has 0 fully saturated rings. The first-order valence-corrected chi connectivity index (χ1v) is 4.34. The van der Waals surface area contributed by atoms with E-state index in [1.807, 2.05) is 26.8 Å². The molecule has 0 unspecified atom stereocenters. The number of benzene rings is 1. The Kier molecular flexibility index (Phi) is 2.71. The minimum atomic E-state index is -1.09. The van der Waals surface area contributed by atoms with E-state index in [4.69, 9.17) is 0 Å². The largest absolute Gasteiger partial charge is 0.545 e. The molecule has 1 aromatic carbocycles. The summed E-state index contributed by atoms with van der Waals surface area (Å²) in [5.74, 6) is -0.878. The SMILES string of the molecule is Cc1ccc(C(=O)[O-])c(C(C)C)c1. The fourth-order valence-electron chi connectivity index (χ4n) is 1.35. The summed E-state index contributed by atoms with van der Waals surface area (Å²) >= 11 is 0. The monoisotopic (exact) mass is 177 g/mol. The van der Waals surface area contributed by atoms with Gasteiger partial charge in [0.25, 0.3) is 0 Å². The molecular formula is C11H13O2-. The van der Waals surface area contributed by atoms with E-state index in [2.05, 4.69) is 0 Å². The van der Waals surface area contributed by atoms with Crippen molar-refractivity contribution in [3.05, 3.63) is 34.9 Å². The van der Waals surface area contributed by atoms with Gasteiger partial charge in [-0.1, -0.05) is 37.6 Å². The summed E-state index contributed by atoms with van der Waals surface area (Å²) in [7, 11) is 0. The third kappa shape index (κ3) is 2.08. The van der Waals surface area contributed by atoms with E-state index in [0.717, 1.165) is 11.1 Å². The van der Waals surface area contributed by atoms with Crippen molar-refractivity contribution in [2.45, 2.75) is 26.7 Å². The third-order valence-corrected chi connectivity index (χ3v) is 2.05. The molecule has 70 valence electrons. The van der Waals surface area contributed by atoms with Gasteiger partial charge in [-0.3, -0.25) is 0 Å². The normalized spacial score (nSPS) is 10.5. The maximum atomic E-state index is 10.7. The zero-order chi connectivity index (χ0) is 10.0. The van der Waals surface area contributed by atoms with Gasteiger partial charge in [0, 0.05) is 5.56 Å². The topological polar surface area (TPSA) is 40.1 Å². The Hall–Kier alpha value is -1.31. The highest BCUT2D eigenvalue weighted by molar-refractivity contribution is 5.87. The molecule has 2 heteroatoms. The molecule has 0 aliphatic carbocycles. The van der Waals surface area contributed by atoms with Gasteiger partial charge in [0.1, 0.15) is 0 Å². The average molecular weight is 177 g/mol. The minimum absolute atomic E-state index is 0.216. The fraction of sp³-hybridized carbons (Fsp3) is 0.364. The second-order valence-electron chi connectivity index (χ2n) is 3.53. The molecule has 0 atom stereocenters. The van der Waals surface area contributed by atoms with Crippen LogP contribution in [0.4, 0.5) is 0 Å². The molecule has 0 spiro atoms. The lowest BCUT2D eigenvalue weighted by atomic mass is 9.95. The van der Waals surface area contributed by atoms with E-state index in [9.17, 15) is 9.90 Å². The first-order valence-electron chi connectivity index (χ1n) is 4.34. The van der Waals surface area contributed by atoms with Crippen LogP contribution in [0.2, 0.25) is 0 Å². The number of rotatable bonds is 2. The van der Waals surface area contributed by atoms with Gasteiger partial charge in [-0.05, 0) is 18.4 Å². The summed E-state index contributed by atoms with van der Waals surface area (Å²) in [4.78, 5) is 10.7. The summed E-state index contributed by atoms with van der Waals surface area (Å²) < 4.78 is 0. The van der Waals surface area contributed by atoms with E-state index in [1.54, 1.807) is 12.1 Å². The van der Waals surface area contributed by atoms with Crippen LogP contribution in [0.15, 0.2) is 18.2 Å². The number of hydrogen-bond donors (Lipinski definition) is 0. The number of carbonyl (C=O) groups is 1. The Bertz CT molecular complexity index is 327. The van der Waals surface area contributed by atoms with E-state index in [0.29, 0.717) is 5.56 Å². The number of aromatic carboxylic acids is 1. The first kappa shape index (κ1) is 9.78. The Morgan fingerprint density at radius 2 is 2.00 bits per heavy atom. The van der Waals surface area contributed by atoms with Crippen LogP contribution in [0.25, 0.3) is 0 Å². The molecule has 2 nitrogen and oxygen atoms in total. The highest BCUT2D eigenvalue weighted by atomic mass is 16.4. The van der Waals surface area contributed by atoms with Crippen molar-refractivity contribution in [3.8, 4) is 0 Å². The molecule has 0 bridgehead atoms. The summed E-state index contributed by atoms with van der Waals surface area (Å²) in [6, 6.07) is 5.30. The molecule has 0 N–H and O–H groups in total. The lowest BCUT2D eigenvalue weighted by molar-refractivity contribution is -0.255. The van der Waals surface area contributed by atoms with Gasteiger partial charge in [0.15, 0.2) is 0 Å². The van der Waals surface area contributed by atoms with Gasteiger partial charge in [0.2, 0.25) is 0 Å². The van der Waals surface area contributed by atoms with Crippen molar-refractivity contribution in [1.82, 2.24) is 0 Å². The Labute approximate surface area is 78.2 Å². The van der Waals surface area contributed by atoms with Crippen LogP contribution >= 0.6 is 0 Å². The molecule has 13 heavy (non-hydrogen) atoms. The van der Waals surface area contributed by atoms with Crippen molar-refractivity contribution in [1.29, 1.82) is 0 Å². The number of carboxylic acids is 1. The molecule has 0 aliphatic rings. The van der Waals surface area contributed by atoms with Gasteiger partial charge < -0.3 is 9.90 Å². The zero-order valence-electron chi connectivity index (χ0n) is 8.13. The van der Waals surface area contributed by atoms with Crippen molar-refractivity contribution >= 4 is 5.97 Å². The van der Waals surface area contributed by atoms with Crippen LogP contribution in [-0.4, -0.2) is 5.97 Å². The molecule has 1 rings (SSSR count). The van der Waals surface area contributed by atoms with Crippen LogP contribution in [0.3, 0.4) is 0 Å². The van der Waals surface area contributed by atoms with Crippen LogP contribution in [0.1, 0.15) is 41.3 Å². The van der Waals surface area contributed by atoms with E-state index in [1.165, 1.54) is 0 Å². The molecule has 0 saturated heterocycles. The number of hydrogen-bond acceptors (Lipinski definition) is 2. The zero-order valence-corrected chi connectivity index (χ0v) is 8.13. The van der Waals surface area contributed by atoms with Crippen LogP contribution in [0, 0.1) is 6.92 Å². The molecule has 1 aromatic rings. The number of carbonyl (C=O) groups excluding carboxylic acids is 1. The van der Waals surface area contributed by atoms with Crippen LogP contribution in [0.5, 0.6) is 0 Å². The van der Waals surface area contributed by atoms with E-state index >= 15 is 0 Å². The Balaban J connectivity index is 3.26. The van der Waals surface area contributed by atoms with Crippen molar-refractivity contribution in [2.75, 3.05) is 0 Å². The van der Waals surface area contributed by atoms with Crippen molar-refractivity contribution in [3.63, 3.8) is 0 Å². The maximum absolute atomic E-state index is 10.7. The number of aryl methyl sites for hydroxylation is 1. The third-order valence-electron chi connectivity index (χ3n) is 2.05. The average Bonchev–Trinajstić information content (AvgIpc) is 2.03. The van der Waals surface area contributed by atoms with Gasteiger partial charge in [0.05, 0.1) is 5.97 Å². The Morgan fingerprint density at radius 1 is 1.38 bits per heavy atom. The van der Waals surface area contributed by atoms with Gasteiger partial charge in [-0.2, -0.15) is 0 Å². The highest BCUT2D eigenvalue weighted by Gasteiger charge is 2.06. The molecule has 0 radical (unpaired) electrons. The summed E-state index contributed by atoms with van der Waals surface area (Å²) in [6.07, 6.45) is 0. The van der Waals surface area contributed by atoms with Gasteiger partial charge in [-0.15, -0.1) is 0 Å². The minimum Gasteiger partial charge on any atom is -0.545 e. The van der Waals surface area contributed by atoms with Crippen molar-refractivity contribution < 1.29 is 9.90 Å². The quantitative estimate of drug-likeness (QED) is 0.686. The maximum Gasteiger partial charge on any atom is 0.0718 e. The van der Waals surface area contributed by atoms with Crippen LogP contribution in [-0.2, 0) is 0 Å². The summed E-state index contributed by atoms with van der Waals surface area (Å²) in [5, 5.41) is 10.7. The lowest BCUT2D eigenvalue weighted by Gasteiger charge is -2.14. The van der Waals surface area contributed by atoms with Gasteiger partial charge >= 0.3 is 0 Å².